The van der Waals surface area contributed by atoms with Gasteiger partial charge >= 0.3 is 0 Å². The van der Waals surface area contributed by atoms with Crippen LogP contribution in [0.3, 0.4) is 0 Å². The van der Waals surface area contributed by atoms with E-state index in [1.165, 1.54) is 0 Å². The summed E-state index contributed by atoms with van der Waals surface area (Å²) in [6, 6.07) is 3.99. The van der Waals surface area contributed by atoms with Gasteiger partial charge in [0.25, 0.3) is 0 Å². The fourth-order valence-corrected chi connectivity index (χ4v) is 5.25. The van der Waals surface area contributed by atoms with E-state index < -0.39 is 10.8 Å². The van der Waals surface area contributed by atoms with Gasteiger partial charge in [0, 0.05) is 23.9 Å². The van der Waals surface area contributed by atoms with E-state index in [0.29, 0.717) is 13.1 Å². The SMILES string of the molecule is CCN(CC)C(=O)CS(=O)C(c1ccsc1)c1ccsc1. The molecule has 3 nitrogen and oxygen atoms in total. The largest absolute Gasteiger partial charge is 0.342 e. The third kappa shape index (κ3) is 4.02. The highest BCUT2D eigenvalue weighted by Gasteiger charge is 2.25. The van der Waals surface area contributed by atoms with Crippen molar-refractivity contribution in [3.8, 4) is 0 Å². The first-order chi connectivity index (χ1) is 10.2. The maximum Gasteiger partial charge on any atom is 0.235 e. The summed E-state index contributed by atoms with van der Waals surface area (Å²) in [5, 5.41) is 7.79. The first-order valence-electron chi connectivity index (χ1n) is 6.86. The minimum absolute atomic E-state index is 0.0335. The van der Waals surface area contributed by atoms with Gasteiger partial charge in [0.1, 0.15) is 5.75 Å². The summed E-state index contributed by atoms with van der Waals surface area (Å²) in [4.78, 5) is 13.9. The third-order valence-corrected chi connectivity index (χ3v) is 6.34. The minimum Gasteiger partial charge on any atom is -0.342 e. The average Bonchev–Trinajstić information content (AvgIpc) is 3.14. The van der Waals surface area contributed by atoms with Gasteiger partial charge < -0.3 is 4.90 Å². The summed E-state index contributed by atoms with van der Waals surface area (Å²) in [5.41, 5.74) is 2.06. The Bertz CT molecular complexity index is 540. The monoisotopic (exact) mass is 341 g/mol. The van der Waals surface area contributed by atoms with Crippen molar-refractivity contribution in [2.75, 3.05) is 18.8 Å². The maximum atomic E-state index is 12.8. The van der Waals surface area contributed by atoms with Gasteiger partial charge in [-0.25, -0.2) is 0 Å². The molecule has 2 aromatic heterocycles. The lowest BCUT2D eigenvalue weighted by atomic mass is 10.1. The van der Waals surface area contributed by atoms with E-state index in [4.69, 9.17) is 0 Å². The Labute approximate surface area is 136 Å². The molecule has 21 heavy (non-hydrogen) atoms. The van der Waals surface area contributed by atoms with Crippen LogP contribution in [0.15, 0.2) is 33.7 Å². The maximum absolute atomic E-state index is 12.8. The normalized spacial score (nSPS) is 12.5. The fraction of sp³-hybridized carbons (Fsp3) is 0.400. The standard InChI is InChI=1S/C15H19NO2S3/c1-3-16(4-2)14(17)11-21(18)15(12-5-7-19-9-12)13-6-8-20-10-13/h5-10,15H,3-4,11H2,1-2H3. The van der Waals surface area contributed by atoms with Crippen LogP contribution in [-0.4, -0.2) is 33.9 Å². The summed E-state index contributed by atoms with van der Waals surface area (Å²) >= 11 is 3.18. The molecule has 114 valence electrons. The molecule has 0 fully saturated rings. The molecule has 0 aliphatic heterocycles. The number of amides is 1. The Balaban J connectivity index is 2.18. The van der Waals surface area contributed by atoms with E-state index >= 15 is 0 Å². The molecule has 2 heterocycles. The van der Waals surface area contributed by atoms with E-state index in [9.17, 15) is 9.00 Å². The molecule has 0 saturated heterocycles. The number of rotatable bonds is 7. The highest BCUT2D eigenvalue weighted by Crippen LogP contribution is 2.31. The van der Waals surface area contributed by atoms with Crippen molar-refractivity contribution in [2.24, 2.45) is 0 Å². The van der Waals surface area contributed by atoms with E-state index in [0.717, 1.165) is 11.1 Å². The number of hydrogen-bond acceptors (Lipinski definition) is 4. The van der Waals surface area contributed by atoms with Crippen molar-refractivity contribution >= 4 is 39.4 Å². The molecule has 0 radical (unpaired) electrons. The predicted molar refractivity (Wildman–Crippen MR) is 91.4 cm³/mol. The van der Waals surface area contributed by atoms with Crippen molar-refractivity contribution in [3.05, 3.63) is 44.8 Å². The van der Waals surface area contributed by atoms with Crippen LogP contribution in [0.5, 0.6) is 0 Å². The van der Waals surface area contributed by atoms with Crippen molar-refractivity contribution < 1.29 is 9.00 Å². The number of nitrogens with zero attached hydrogens (tertiary/aromatic N) is 1. The summed E-state index contributed by atoms with van der Waals surface area (Å²) < 4.78 is 12.8. The Morgan fingerprint density at radius 2 is 1.67 bits per heavy atom. The van der Waals surface area contributed by atoms with Crippen LogP contribution in [0.25, 0.3) is 0 Å². The van der Waals surface area contributed by atoms with E-state index in [1.54, 1.807) is 27.6 Å². The molecule has 0 saturated carbocycles. The highest BCUT2D eigenvalue weighted by atomic mass is 32.2. The number of thiophene rings is 2. The van der Waals surface area contributed by atoms with Gasteiger partial charge in [0.2, 0.25) is 5.91 Å². The lowest BCUT2D eigenvalue weighted by Gasteiger charge is -2.20. The molecule has 1 amide bonds. The van der Waals surface area contributed by atoms with Crippen LogP contribution < -0.4 is 0 Å². The second-order valence-corrected chi connectivity index (χ2v) is 7.67. The second-order valence-electron chi connectivity index (χ2n) is 4.58. The molecule has 0 bridgehead atoms. The molecule has 0 N–H and O–H groups in total. The molecular weight excluding hydrogens is 322 g/mol. The topological polar surface area (TPSA) is 37.4 Å². The van der Waals surface area contributed by atoms with Crippen LogP contribution >= 0.6 is 22.7 Å². The quantitative estimate of drug-likeness (QED) is 0.773. The Morgan fingerprint density at radius 1 is 1.14 bits per heavy atom. The summed E-state index contributed by atoms with van der Waals surface area (Å²) in [6.45, 7) is 5.21. The Hall–Kier alpha value is -0.980. The van der Waals surface area contributed by atoms with E-state index in [-0.39, 0.29) is 16.9 Å². The van der Waals surface area contributed by atoms with Gasteiger partial charge in [-0.3, -0.25) is 9.00 Å². The zero-order valence-corrected chi connectivity index (χ0v) is 14.6. The lowest BCUT2D eigenvalue weighted by molar-refractivity contribution is -0.128. The van der Waals surface area contributed by atoms with Gasteiger partial charge in [-0.05, 0) is 58.6 Å². The van der Waals surface area contributed by atoms with Crippen LogP contribution in [0.4, 0.5) is 0 Å². The van der Waals surface area contributed by atoms with Crippen LogP contribution in [0, 0.1) is 0 Å². The van der Waals surface area contributed by atoms with Crippen molar-refractivity contribution in [2.45, 2.75) is 19.1 Å². The van der Waals surface area contributed by atoms with Crippen molar-refractivity contribution in [1.82, 2.24) is 4.90 Å². The molecule has 0 aliphatic rings. The first kappa shape index (κ1) is 16.4. The first-order valence-corrected chi connectivity index (χ1v) is 10.1. The molecule has 0 aromatic carbocycles. The van der Waals surface area contributed by atoms with Crippen LogP contribution in [-0.2, 0) is 15.6 Å². The molecule has 2 aromatic rings. The van der Waals surface area contributed by atoms with Gasteiger partial charge in [0.05, 0.1) is 5.25 Å². The van der Waals surface area contributed by atoms with Gasteiger partial charge in [0.15, 0.2) is 0 Å². The molecule has 2 rings (SSSR count). The number of carbonyl (C=O) groups is 1. The zero-order valence-electron chi connectivity index (χ0n) is 12.2. The smallest absolute Gasteiger partial charge is 0.235 e. The van der Waals surface area contributed by atoms with Crippen molar-refractivity contribution in [3.63, 3.8) is 0 Å². The number of hydrogen-bond donors (Lipinski definition) is 0. The summed E-state index contributed by atoms with van der Waals surface area (Å²) in [7, 11) is -1.25. The van der Waals surface area contributed by atoms with Crippen LogP contribution in [0.1, 0.15) is 30.2 Å². The van der Waals surface area contributed by atoms with Crippen LogP contribution in [0.2, 0.25) is 0 Å². The zero-order chi connectivity index (χ0) is 15.2. The fourth-order valence-electron chi connectivity index (χ4n) is 2.22. The molecule has 1 atom stereocenters. The molecular formula is C15H19NO2S3. The second kappa shape index (κ2) is 7.87. The van der Waals surface area contributed by atoms with Gasteiger partial charge in [-0.1, -0.05) is 0 Å². The lowest BCUT2D eigenvalue weighted by Crippen LogP contribution is -2.35. The Morgan fingerprint density at radius 3 is 2.05 bits per heavy atom. The van der Waals surface area contributed by atoms with E-state index in [2.05, 4.69) is 0 Å². The number of carbonyl (C=O) groups excluding carboxylic acids is 1. The van der Waals surface area contributed by atoms with Gasteiger partial charge in [-0.15, -0.1) is 0 Å². The summed E-state index contributed by atoms with van der Waals surface area (Å²) in [6.07, 6.45) is 0. The average molecular weight is 342 g/mol. The van der Waals surface area contributed by atoms with Gasteiger partial charge in [-0.2, -0.15) is 22.7 Å². The summed E-state index contributed by atoms with van der Waals surface area (Å²) in [5.74, 6) is 0.0479. The Kier molecular flexibility index (Phi) is 6.14. The predicted octanol–water partition coefficient (Wildman–Crippen LogP) is 3.52. The third-order valence-electron chi connectivity index (χ3n) is 3.34. The van der Waals surface area contributed by atoms with Crippen molar-refractivity contribution in [1.29, 1.82) is 0 Å². The molecule has 1 unspecified atom stereocenters. The molecule has 0 spiro atoms. The molecule has 0 aliphatic carbocycles. The minimum atomic E-state index is -1.25. The van der Waals surface area contributed by atoms with E-state index in [1.807, 2.05) is 47.5 Å². The molecule has 6 heteroatoms. The highest BCUT2D eigenvalue weighted by molar-refractivity contribution is 7.86.